The smallest absolute Gasteiger partial charge is 0.0568 e. The van der Waals surface area contributed by atoms with Crippen LogP contribution in [-0.4, -0.2) is 16.5 Å². The van der Waals surface area contributed by atoms with E-state index in [1.165, 1.54) is 36.1 Å². The fourth-order valence-corrected chi connectivity index (χ4v) is 4.27. The van der Waals surface area contributed by atoms with E-state index in [1.807, 2.05) is 18.7 Å². The van der Waals surface area contributed by atoms with Crippen LogP contribution in [0.1, 0.15) is 31.7 Å². The molecule has 1 saturated carbocycles. The van der Waals surface area contributed by atoms with Crippen molar-refractivity contribution in [2.75, 3.05) is 0 Å². The molecule has 0 bridgehead atoms. The highest BCUT2D eigenvalue weighted by Crippen LogP contribution is 2.55. The lowest BCUT2D eigenvalue weighted by atomic mass is 9.92. The summed E-state index contributed by atoms with van der Waals surface area (Å²) in [6, 6.07) is 8.71. The lowest BCUT2D eigenvalue weighted by molar-refractivity contribution is 0.104. The van der Waals surface area contributed by atoms with Gasteiger partial charge in [0.1, 0.15) is 0 Å². The number of benzene rings is 1. The van der Waals surface area contributed by atoms with E-state index in [1.54, 1.807) is 0 Å². The van der Waals surface area contributed by atoms with Crippen LogP contribution in [0.4, 0.5) is 0 Å². The molecule has 16 heavy (non-hydrogen) atoms. The summed E-state index contributed by atoms with van der Waals surface area (Å²) in [7, 11) is 0. The molecule has 1 aliphatic heterocycles. The predicted octanol–water partition coefficient (Wildman–Crippen LogP) is 3.25. The van der Waals surface area contributed by atoms with Crippen molar-refractivity contribution in [2.24, 2.45) is 5.41 Å². The minimum Gasteiger partial charge on any atom is -0.393 e. The topological polar surface area (TPSA) is 20.2 Å². The van der Waals surface area contributed by atoms with Crippen LogP contribution in [0.25, 0.3) is 0 Å². The molecule has 2 unspecified atom stereocenters. The van der Waals surface area contributed by atoms with Crippen LogP contribution in [0.2, 0.25) is 0 Å². The third kappa shape index (κ3) is 1.78. The Labute approximate surface area is 101 Å². The van der Waals surface area contributed by atoms with Crippen molar-refractivity contribution in [2.45, 2.75) is 48.9 Å². The van der Waals surface area contributed by atoms with E-state index in [2.05, 4.69) is 24.3 Å². The zero-order valence-electron chi connectivity index (χ0n) is 9.65. The van der Waals surface area contributed by atoms with Gasteiger partial charge in [-0.3, -0.25) is 0 Å². The first-order valence-corrected chi connectivity index (χ1v) is 7.00. The van der Waals surface area contributed by atoms with E-state index in [4.69, 9.17) is 0 Å². The highest BCUT2D eigenvalue weighted by atomic mass is 32.2. The van der Waals surface area contributed by atoms with Gasteiger partial charge in [0.15, 0.2) is 0 Å². The van der Waals surface area contributed by atoms with Crippen molar-refractivity contribution in [3.63, 3.8) is 0 Å². The Morgan fingerprint density at radius 2 is 2.19 bits per heavy atom. The Kier molecular flexibility index (Phi) is 2.52. The molecular weight excluding hydrogens is 216 g/mol. The fourth-order valence-electron chi connectivity index (χ4n) is 2.77. The van der Waals surface area contributed by atoms with Crippen molar-refractivity contribution >= 4 is 11.8 Å². The van der Waals surface area contributed by atoms with Gasteiger partial charge in [-0.1, -0.05) is 18.2 Å². The number of thioether (sulfide) groups is 1. The van der Waals surface area contributed by atoms with Gasteiger partial charge in [0, 0.05) is 10.1 Å². The first-order valence-electron chi connectivity index (χ1n) is 6.12. The van der Waals surface area contributed by atoms with Gasteiger partial charge in [0.05, 0.1) is 6.10 Å². The van der Waals surface area contributed by atoms with Gasteiger partial charge in [0.25, 0.3) is 0 Å². The van der Waals surface area contributed by atoms with Gasteiger partial charge in [0.2, 0.25) is 0 Å². The summed E-state index contributed by atoms with van der Waals surface area (Å²) < 4.78 is 0. The second kappa shape index (κ2) is 3.78. The average molecular weight is 234 g/mol. The summed E-state index contributed by atoms with van der Waals surface area (Å²) >= 11 is 2.01. The third-order valence-electron chi connectivity index (χ3n) is 4.13. The molecule has 0 radical (unpaired) electrons. The Morgan fingerprint density at radius 3 is 2.81 bits per heavy atom. The average Bonchev–Trinajstić information content (AvgIpc) is 2.92. The summed E-state index contributed by atoms with van der Waals surface area (Å²) in [4.78, 5) is 1.45. The summed E-state index contributed by atoms with van der Waals surface area (Å²) in [5.41, 5.74) is 1.76. The van der Waals surface area contributed by atoms with Crippen molar-refractivity contribution < 1.29 is 5.11 Å². The van der Waals surface area contributed by atoms with Crippen LogP contribution in [0, 0.1) is 5.41 Å². The number of aliphatic hydroxyl groups is 1. The van der Waals surface area contributed by atoms with Crippen LogP contribution in [0.3, 0.4) is 0 Å². The van der Waals surface area contributed by atoms with E-state index in [0.717, 1.165) is 0 Å². The lowest BCUT2D eigenvalue weighted by Gasteiger charge is -2.21. The maximum Gasteiger partial charge on any atom is 0.0568 e. The minimum atomic E-state index is -0.128. The molecule has 2 atom stereocenters. The zero-order valence-corrected chi connectivity index (χ0v) is 10.5. The first kappa shape index (κ1) is 10.7. The minimum absolute atomic E-state index is 0.128. The van der Waals surface area contributed by atoms with Crippen molar-refractivity contribution in [3.05, 3.63) is 29.8 Å². The van der Waals surface area contributed by atoms with E-state index in [0.29, 0.717) is 5.25 Å². The van der Waals surface area contributed by atoms with E-state index >= 15 is 0 Å². The fraction of sp³-hybridized carbons (Fsp3) is 0.571. The highest BCUT2D eigenvalue weighted by molar-refractivity contribution is 8.00. The largest absolute Gasteiger partial charge is 0.393 e. The van der Waals surface area contributed by atoms with Gasteiger partial charge in [-0.15, -0.1) is 11.8 Å². The van der Waals surface area contributed by atoms with Crippen molar-refractivity contribution in [3.8, 4) is 0 Å². The van der Waals surface area contributed by atoms with Crippen molar-refractivity contribution in [1.82, 2.24) is 0 Å². The number of hydrogen-bond acceptors (Lipinski definition) is 2. The van der Waals surface area contributed by atoms with E-state index < -0.39 is 0 Å². The molecule has 1 aromatic rings. The molecule has 1 aromatic carbocycles. The van der Waals surface area contributed by atoms with Gasteiger partial charge >= 0.3 is 0 Å². The molecule has 1 aliphatic carbocycles. The number of hydrogen-bond donors (Lipinski definition) is 1. The molecule has 1 N–H and O–H groups in total. The maximum absolute atomic E-state index is 9.81. The SMILES string of the molecule is CC(O)C1(CC2Cc3ccccc3S2)CC1. The van der Waals surface area contributed by atoms with Crippen LogP contribution in [-0.2, 0) is 6.42 Å². The summed E-state index contributed by atoms with van der Waals surface area (Å²) in [6.45, 7) is 1.96. The molecule has 3 rings (SSSR count). The standard InChI is InChI=1S/C14H18OS/c1-10(15)14(6-7-14)9-12-8-11-4-2-3-5-13(11)16-12/h2-5,10,12,15H,6-9H2,1H3. The van der Waals surface area contributed by atoms with Gasteiger partial charge in [-0.25, -0.2) is 0 Å². The number of fused-ring (bicyclic) bond motifs is 1. The van der Waals surface area contributed by atoms with Crippen LogP contribution >= 0.6 is 11.8 Å². The lowest BCUT2D eigenvalue weighted by Crippen LogP contribution is -2.22. The van der Waals surface area contributed by atoms with E-state index in [9.17, 15) is 5.11 Å². The molecule has 86 valence electrons. The number of aliphatic hydroxyl groups excluding tert-OH is 1. The quantitative estimate of drug-likeness (QED) is 0.866. The molecule has 2 aliphatic rings. The Balaban J connectivity index is 1.69. The molecule has 0 amide bonds. The maximum atomic E-state index is 9.81. The molecule has 0 saturated heterocycles. The molecule has 1 nitrogen and oxygen atoms in total. The summed E-state index contributed by atoms with van der Waals surface area (Å²) in [5, 5.41) is 10.5. The van der Waals surface area contributed by atoms with Gasteiger partial charge in [-0.05, 0) is 49.7 Å². The molecule has 1 heterocycles. The van der Waals surface area contributed by atoms with Crippen LogP contribution in [0.5, 0.6) is 0 Å². The molecular formula is C14H18OS. The monoisotopic (exact) mass is 234 g/mol. The third-order valence-corrected chi connectivity index (χ3v) is 5.45. The van der Waals surface area contributed by atoms with E-state index in [-0.39, 0.29) is 11.5 Å². The summed E-state index contributed by atoms with van der Waals surface area (Å²) in [6.07, 6.45) is 4.69. The second-order valence-corrected chi connectivity index (χ2v) is 6.64. The summed E-state index contributed by atoms with van der Waals surface area (Å²) in [5.74, 6) is 0. The molecule has 1 fully saturated rings. The Bertz CT molecular complexity index is 370. The molecule has 2 heteroatoms. The van der Waals surface area contributed by atoms with Crippen molar-refractivity contribution in [1.29, 1.82) is 0 Å². The molecule has 0 aromatic heterocycles. The zero-order chi connectivity index (χ0) is 11.2. The first-order chi connectivity index (χ1) is 7.70. The van der Waals surface area contributed by atoms with Gasteiger partial charge < -0.3 is 5.11 Å². The second-order valence-electron chi connectivity index (χ2n) is 5.29. The Hall–Kier alpha value is -0.470. The number of rotatable bonds is 3. The van der Waals surface area contributed by atoms with Crippen LogP contribution < -0.4 is 0 Å². The van der Waals surface area contributed by atoms with Crippen LogP contribution in [0.15, 0.2) is 29.2 Å². The normalized spacial score (nSPS) is 27.5. The Morgan fingerprint density at radius 1 is 1.44 bits per heavy atom. The highest BCUT2D eigenvalue weighted by Gasteiger charge is 2.48. The predicted molar refractivity (Wildman–Crippen MR) is 67.8 cm³/mol. The van der Waals surface area contributed by atoms with Gasteiger partial charge in [-0.2, -0.15) is 0 Å². The molecule has 0 spiro atoms.